The van der Waals surface area contributed by atoms with Gasteiger partial charge in [-0.2, -0.15) is 0 Å². The van der Waals surface area contributed by atoms with Gasteiger partial charge < -0.3 is 0 Å². The molecule has 0 N–H and O–H groups in total. The summed E-state index contributed by atoms with van der Waals surface area (Å²) in [5.74, 6) is 0. The molecule has 0 saturated carbocycles. The molecule has 2 heteroatoms. The van der Waals surface area contributed by atoms with E-state index < -0.39 is 0 Å². The third-order valence-electron chi connectivity index (χ3n) is 3.02. The molecular formula is C14H14I2. The number of hydrogen-bond donors (Lipinski definition) is 0. The Hall–Kier alpha value is 0.160. The quantitative estimate of drug-likeness (QED) is 0.419. The second-order valence-electron chi connectivity index (χ2n) is 4.21. The molecule has 2 rings (SSSR count). The third-order valence-corrected chi connectivity index (χ3v) is 4.62. The molecule has 0 saturated heterocycles. The van der Waals surface area contributed by atoms with Crippen LogP contribution in [0.5, 0.6) is 0 Å². The number of hydrogen-bond acceptors (Lipinski definition) is 0. The van der Waals surface area contributed by atoms with Gasteiger partial charge in [-0.15, -0.1) is 0 Å². The Morgan fingerprint density at radius 3 is 2.56 bits per heavy atom. The van der Waals surface area contributed by atoms with Gasteiger partial charge >= 0.3 is 0 Å². The van der Waals surface area contributed by atoms with Gasteiger partial charge in [0.05, 0.1) is 1.43 Å². The molecule has 84 valence electrons. The average Bonchev–Trinajstić information content (AvgIpc) is 2.23. The summed E-state index contributed by atoms with van der Waals surface area (Å²) in [6.07, 6.45) is 8.00. The number of aryl methyl sites for hydroxylation is 1. The first-order chi connectivity index (χ1) is 7.49. The molecule has 1 aliphatic carbocycles. The fraction of sp³-hybridized carbons (Fsp3) is 0.286. The largest absolute Gasteiger partial charge is 0.0950 e. The lowest BCUT2D eigenvalue weighted by Gasteiger charge is -2.20. The zero-order chi connectivity index (χ0) is 11.8. The van der Waals surface area contributed by atoms with Crippen LogP contribution in [-0.2, 0) is 0 Å². The first-order valence-corrected chi connectivity index (χ1v) is 7.49. The molecule has 16 heavy (non-hydrogen) atoms. The summed E-state index contributed by atoms with van der Waals surface area (Å²) in [5.41, 5.74) is 5.50. The van der Waals surface area contributed by atoms with Crippen molar-refractivity contribution in [2.24, 2.45) is 0 Å². The van der Waals surface area contributed by atoms with E-state index in [9.17, 15) is 0 Å². The Morgan fingerprint density at radius 1 is 1.19 bits per heavy atom. The van der Waals surface area contributed by atoms with Crippen molar-refractivity contribution >= 4 is 50.8 Å². The lowest BCUT2D eigenvalue weighted by Crippen LogP contribution is -2.08. The first kappa shape index (κ1) is 12.6. The summed E-state index contributed by atoms with van der Waals surface area (Å²) in [5, 5.41) is 0. The maximum atomic E-state index is 2.49. The van der Waals surface area contributed by atoms with Crippen molar-refractivity contribution in [2.75, 3.05) is 0 Å². The summed E-state index contributed by atoms with van der Waals surface area (Å²) in [4.78, 5) is 0. The van der Waals surface area contributed by atoms with Crippen molar-refractivity contribution in [3.63, 3.8) is 0 Å². The molecule has 1 aliphatic rings. The molecule has 0 spiro atoms. The van der Waals surface area contributed by atoms with Crippen molar-refractivity contribution < 1.29 is 0 Å². The van der Waals surface area contributed by atoms with E-state index in [0.29, 0.717) is 0 Å². The zero-order valence-corrected chi connectivity index (χ0v) is 13.7. The number of benzene rings is 1. The molecule has 0 amide bonds. The van der Waals surface area contributed by atoms with Crippen molar-refractivity contribution in [2.45, 2.75) is 21.7 Å². The molecule has 1 aromatic carbocycles. The van der Waals surface area contributed by atoms with Gasteiger partial charge in [-0.1, -0.05) is 81.6 Å². The topological polar surface area (TPSA) is 0 Å². The fourth-order valence-electron chi connectivity index (χ4n) is 1.86. The minimum absolute atomic E-state index is 0.261. The van der Waals surface area contributed by atoms with Gasteiger partial charge in [-0.25, -0.2) is 0 Å². The minimum atomic E-state index is 0.261. The van der Waals surface area contributed by atoms with Crippen LogP contribution in [0, 0.1) is 13.8 Å². The molecule has 0 fully saturated rings. The molecule has 0 unspecified atom stereocenters. The van der Waals surface area contributed by atoms with Crippen LogP contribution in [0.4, 0.5) is 0 Å². The Morgan fingerprint density at radius 2 is 1.94 bits per heavy atom. The minimum Gasteiger partial charge on any atom is -0.0742 e. The van der Waals surface area contributed by atoms with Crippen LogP contribution in [0.3, 0.4) is 0 Å². The van der Waals surface area contributed by atoms with Crippen molar-refractivity contribution in [3.05, 3.63) is 53.1 Å². The predicted molar refractivity (Wildman–Crippen MR) is 88.4 cm³/mol. The molecule has 0 atom stereocenters. The van der Waals surface area contributed by atoms with E-state index in [2.05, 4.69) is 95.5 Å². The summed E-state index contributed by atoms with van der Waals surface area (Å²) in [6.45, 7) is 4.38. The second kappa shape index (κ2) is 4.80. The van der Waals surface area contributed by atoms with Gasteiger partial charge in [-0.05, 0) is 42.5 Å². The Labute approximate surface area is 124 Å². The molecule has 0 aromatic heterocycles. The van der Waals surface area contributed by atoms with E-state index in [1.807, 2.05) is 0 Å². The smallest absolute Gasteiger partial charge is 0.0742 e. The Bertz CT molecular complexity index is 468. The zero-order valence-electron chi connectivity index (χ0n) is 9.43. The first-order valence-electron chi connectivity index (χ1n) is 5.33. The highest BCUT2D eigenvalue weighted by Crippen LogP contribution is 2.39. The van der Waals surface area contributed by atoms with E-state index in [1.54, 1.807) is 0 Å². The van der Waals surface area contributed by atoms with E-state index in [0.717, 1.165) is 6.42 Å². The number of rotatable bonds is 1. The average molecular weight is 436 g/mol. The maximum absolute atomic E-state index is 2.49. The molecule has 0 bridgehead atoms. The molecule has 0 heterocycles. The third kappa shape index (κ3) is 2.70. The summed E-state index contributed by atoms with van der Waals surface area (Å²) in [7, 11) is 0. The van der Waals surface area contributed by atoms with Crippen LogP contribution >= 0.6 is 45.2 Å². The number of halogens is 2. The predicted octanol–water partition coefficient (Wildman–Crippen LogP) is 5.21. The highest BCUT2D eigenvalue weighted by atomic mass is 127. The molecule has 1 aromatic rings. The Balaban J connectivity index is 2.38. The van der Waals surface area contributed by atoms with Crippen LogP contribution in [0.25, 0.3) is 5.57 Å². The molecular weight excluding hydrogens is 422 g/mol. The normalized spacial score (nSPS) is 18.4. The fourth-order valence-corrected chi connectivity index (χ4v) is 2.66. The van der Waals surface area contributed by atoms with Crippen LogP contribution < -0.4 is 0 Å². The lowest BCUT2D eigenvalue weighted by atomic mass is 9.94. The summed E-state index contributed by atoms with van der Waals surface area (Å²) in [6, 6.07) is 6.53. The van der Waals surface area contributed by atoms with Gasteiger partial charge in [0.2, 0.25) is 0 Å². The van der Waals surface area contributed by atoms with Crippen LogP contribution in [0.15, 0.2) is 36.4 Å². The maximum Gasteiger partial charge on any atom is 0.0950 e. The van der Waals surface area contributed by atoms with Gasteiger partial charge in [0, 0.05) is 0 Å². The van der Waals surface area contributed by atoms with Crippen LogP contribution in [-0.4, -0.2) is 1.43 Å². The van der Waals surface area contributed by atoms with Gasteiger partial charge in [0.1, 0.15) is 0 Å². The number of allylic oxidation sites excluding steroid dienone is 4. The van der Waals surface area contributed by atoms with Crippen molar-refractivity contribution in [1.82, 2.24) is 0 Å². The van der Waals surface area contributed by atoms with Gasteiger partial charge in [0.15, 0.2) is 0 Å². The van der Waals surface area contributed by atoms with E-state index in [-0.39, 0.29) is 1.43 Å². The van der Waals surface area contributed by atoms with Crippen LogP contribution in [0.2, 0.25) is 0 Å². The van der Waals surface area contributed by atoms with Gasteiger partial charge in [0.25, 0.3) is 0 Å². The molecule has 0 nitrogen and oxygen atoms in total. The van der Waals surface area contributed by atoms with Crippen LogP contribution in [0.1, 0.15) is 23.1 Å². The van der Waals surface area contributed by atoms with E-state index >= 15 is 0 Å². The summed E-state index contributed by atoms with van der Waals surface area (Å²) < 4.78 is 0.261. The monoisotopic (exact) mass is 436 g/mol. The highest BCUT2D eigenvalue weighted by molar-refractivity contribution is 14.2. The van der Waals surface area contributed by atoms with E-state index in [4.69, 9.17) is 0 Å². The summed E-state index contributed by atoms with van der Waals surface area (Å²) >= 11 is 4.98. The van der Waals surface area contributed by atoms with Crippen molar-refractivity contribution in [1.29, 1.82) is 0 Å². The number of alkyl halides is 2. The molecule has 0 radical (unpaired) electrons. The van der Waals surface area contributed by atoms with Gasteiger partial charge in [-0.3, -0.25) is 0 Å². The SMILES string of the molecule is Cc1cccc(C2=CCC(I)(I)C=C2)c1C. The Kier molecular flexibility index (Phi) is 3.79. The molecule has 0 aliphatic heterocycles. The second-order valence-corrected chi connectivity index (χ2v) is 10.1. The van der Waals surface area contributed by atoms with E-state index in [1.165, 1.54) is 22.3 Å². The van der Waals surface area contributed by atoms with Crippen molar-refractivity contribution in [3.8, 4) is 0 Å². The highest BCUT2D eigenvalue weighted by Gasteiger charge is 2.20. The standard InChI is InChI=1S/C14H14I2/c1-10-4-3-5-13(11(10)2)12-6-8-14(15,16)9-7-12/h3-8H,9H2,1-2H3. The lowest BCUT2D eigenvalue weighted by molar-refractivity contribution is 1.07.